The van der Waals surface area contributed by atoms with Gasteiger partial charge in [-0.25, -0.2) is 0 Å². The Labute approximate surface area is 91.0 Å². The minimum absolute atomic E-state index is 0.889. The number of aliphatic imine (C=N–C) groups is 1. The fraction of sp³-hybridized carbons (Fsp3) is 0.222. The van der Waals surface area contributed by atoms with Gasteiger partial charge in [-0.1, -0.05) is 0 Å². The van der Waals surface area contributed by atoms with Crippen LogP contribution < -0.4 is 0 Å². The molecular formula is C9H8INS. The van der Waals surface area contributed by atoms with Crippen LogP contribution in [-0.4, -0.2) is 5.16 Å². The minimum atomic E-state index is 0.889. The molecule has 0 aliphatic rings. The van der Waals surface area contributed by atoms with Gasteiger partial charge in [0, 0.05) is 3.57 Å². The Balaban J connectivity index is 3.30. The van der Waals surface area contributed by atoms with Crippen LogP contribution >= 0.6 is 34.8 Å². The van der Waals surface area contributed by atoms with Crippen LogP contribution in [0.15, 0.2) is 17.1 Å². The molecule has 0 radical (unpaired) electrons. The van der Waals surface area contributed by atoms with Gasteiger partial charge in [-0.3, -0.25) is 0 Å². The highest BCUT2D eigenvalue weighted by Gasteiger charge is 2.00. The summed E-state index contributed by atoms with van der Waals surface area (Å²) in [5.41, 5.74) is 3.36. The van der Waals surface area contributed by atoms with Gasteiger partial charge in [-0.15, -0.1) is 0 Å². The molecule has 0 saturated heterocycles. The molecule has 3 heteroatoms. The first-order chi connectivity index (χ1) is 5.65. The van der Waals surface area contributed by atoms with E-state index in [1.165, 1.54) is 14.7 Å². The van der Waals surface area contributed by atoms with E-state index in [1.807, 2.05) is 12.1 Å². The van der Waals surface area contributed by atoms with Crippen molar-refractivity contribution >= 4 is 45.7 Å². The molecule has 0 N–H and O–H groups in total. The fourth-order valence-corrected chi connectivity index (χ4v) is 1.46. The summed E-state index contributed by atoms with van der Waals surface area (Å²) in [6.07, 6.45) is 0. The van der Waals surface area contributed by atoms with Crippen molar-refractivity contribution in [3.8, 4) is 0 Å². The maximum absolute atomic E-state index is 4.53. The Morgan fingerprint density at radius 1 is 1.33 bits per heavy atom. The van der Waals surface area contributed by atoms with E-state index in [0.717, 1.165) is 5.69 Å². The fourth-order valence-electron chi connectivity index (χ4n) is 1.04. The predicted octanol–water partition coefficient (Wildman–Crippen LogP) is 3.64. The first-order valence-electron chi connectivity index (χ1n) is 3.50. The minimum Gasteiger partial charge on any atom is -0.195 e. The van der Waals surface area contributed by atoms with E-state index >= 15 is 0 Å². The zero-order valence-corrected chi connectivity index (χ0v) is 9.86. The Morgan fingerprint density at radius 3 is 2.25 bits per heavy atom. The monoisotopic (exact) mass is 289 g/mol. The van der Waals surface area contributed by atoms with Crippen LogP contribution in [0.2, 0.25) is 0 Å². The van der Waals surface area contributed by atoms with E-state index in [0.29, 0.717) is 0 Å². The van der Waals surface area contributed by atoms with E-state index in [-0.39, 0.29) is 0 Å². The average Bonchev–Trinajstić information content (AvgIpc) is 2.01. The summed E-state index contributed by atoms with van der Waals surface area (Å²) in [7, 11) is 0. The van der Waals surface area contributed by atoms with E-state index < -0.39 is 0 Å². The third-order valence-electron chi connectivity index (χ3n) is 1.60. The molecule has 1 nitrogen and oxygen atoms in total. The molecule has 0 aromatic heterocycles. The van der Waals surface area contributed by atoms with E-state index in [1.54, 1.807) is 0 Å². The molecule has 0 atom stereocenters. The quantitative estimate of drug-likeness (QED) is 0.437. The third-order valence-corrected chi connectivity index (χ3v) is 3.39. The van der Waals surface area contributed by atoms with Gasteiger partial charge in [-0.2, -0.15) is 4.99 Å². The number of rotatable bonds is 1. The molecule has 0 fully saturated rings. The summed E-state index contributed by atoms with van der Waals surface area (Å²) >= 11 is 6.86. The molecule has 0 saturated carbocycles. The molecule has 0 heterocycles. The van der Waals surface area contributed by atoms with Crippen molar-refractivity contribution in [1.82, 2.24) is 0 Å². The van der Waals surface area contributed by atoms with E-state index in [9.17, 15) is 0 Å². The number of benzene rings is 1. The lowest BCUT2D eigenvalue weighted by Crippen LogP contribution is -1.84. The van der Waals surface area contributed by atoms with Crippen LogP contribution in [0.1, 0.15) is 11.1 Å². The van der Waals surface area contributed by atoms with Crippen molar-refractivity contribution in [2.45, 2.75) is 13.8 Å². The molecule has 0 bridgehead atoms. The normalized spacial score (nSPS) is 9.25. The summed E-state index contributed by atoms with van der Waals surface area (Å²) in [5, 5.41) is 2.36. The molecule has 0 unspecified atom stereocenters. The van der Waals surface area contributed by atoms with Crippen molar-refractivity contribution in [3.05, 3.63) is 26.8 Å². The maximum Gasteiger partial charge on any atom is 0.0745 e. The van der Waals surface area contributed by atoms with Gasteiger partial charge in [-0.05, 0) is 71.9 Å². The summed E-state index contributed by atoms with van der Waals surface area (Å²) in [5.74, 6) is 0. The van der Waals surface area contributed by atoms with Gasteiger partial charge in [0.1, 0.15) is 0 Å². The zero-order valence-electron chi connectivity index (χ0n) is 6.89. The van der Waals surface area contributed by atoms with E-state index in [2.05, 4.69) is 58.8 Å². The molecule has 62 valence electrons. The second kappa shape index (κ2) is 4.12. The van der Waals surface area contributed by atoms with Crippen LogP contribution in [0.4, 0.5) is 5.69 Å². The Morgan fingerprint density at radius 2 is 1.83 bits per heavy atom. The topological polar surface area (TPSA) is 12.4 Å². The number of hydrogen-bond donors (Lipinski definition) is 0. The average molecular weight is 289 g/mol. The first kappa shape index (κ1) is 9.84. The second-order valence-electron chi connectivity index (χ2n) is 2.60. The van der Waals surface area contributed by atoms with Gasteiger partial charge in [0.15, 0.2) is 0 Å². The van der Waals surface area contributed by atoms with Crippen molar-refractivity contribution in [2.24, 2.45) is 4.99 Å². The van der Waals surface area contributed by atoms with Crippen molar-refractivity contribution in [2.75, 3.05) is 0 Å². The van der Waals surface area contributed by atoms with Gasteiger partial charge < -0.3 is 0 Å². The molecule has 1 aromatic carbocycles. The number of aryl methyl sites for hydroxylation is 2. The highest BCUT2D eigenvalue weighted by Crippen LogP contribution is 2.22. The summed E-state index contributed by atoms with van der Waals surface area (Å²) < 4.78 is 1.29. The van der Waals surface area contributed by atoms with Crippen LogP contribution in [0.5, 0.6) is 0 Å². The third kappa shape index (κ3) is 2.12. The van der Waals surface area contributed by atoms with Crippen molar-refractivity contribution in [3.63, 3.8) is 0 Å². The van der Waals surface area contributed by atoms with Crippen molar-refractivity contribution < 1.29 is 0 Å². The Hall–Kier alpha value is -0.250. The lowest BCUT2D eigenvalue weighted by molar-refractivity contribution is 1.32. The molecule has 1 rings (SSSR count). The summed E-state index contributed by atoms with van der Waals surface area (Å²) in [6, 6.07) is 4.02. The zero-order chi connectivity index (χ0) is 9.14. The molecule has 0 amide bonds. The molecular weight excluding hydrogens is 281 g/mol. The lowest BCUT2D eigenvalue weighted by Gasteiger charge is -2.02. The first-order valence-corrected chi connectivity index (χ1v) is 4.98. The SMILES string of the molecule is Cc1cc(N=C=S)cc(C)c1I. The van der Waals surface area contributed by atoms with E-state index in [4.69, 9.17) is 0 Å². The Kier molecular flexibility index (Phi) is 3.38. The van der Waals surface area contributed by atoms with Crippen LogP contribution in [-0.2, 0) is 0 Å². The summed E-state index contributed by atoms with van der Waals surface area (Å²) in [6.45, 7) is 4.13. The van der Waals surface area contributed by atoms with Gasteiger partial charge in [0.25, 0.3) is 0 Å². The molecule has 1 aromatic rings. The molecule has 0 aliphatic heterocycles. The predicted molar refractivity (Wildman–Crippen MR) is 63.3 cm³/mol. The number of thiocarbonyl (C=S) groups is 1. The second-order valence-corrected chi connectivity index (χ2v) is 3.86. The number of hydrogen-bond acceptors (Lipinski definition) is 2. The maximum atomic E-state index is 4.53. The highest BCUT2D eigenvalue weighted by molar-refractivity contribution is 14.1. The molecule has 0 spiro atoms. The number of nitrogens with zero attached hydrogens (tertiary/aromatic N) is 1. The largest absolute Gasteiger partial charge is 0.195 e. The van der Waals surface area contributed by atoms with Crippen molar-refractivity contribution in [1.29, 1.82) is 0 Å². The highest BCUT2D eigenvalue weighted by atomic mass is 127. The Bertz CT molecular complexity index is 331. The molecule has 12 heavy (non-hydrogen) atoms. The summed E-state index contributed by atoms with van der Waals surface area (Å²) in [4.78, 5) is 3.93. The molecule has 0 aliphatic carbocycles. The van der Waals surface area contributed by atoms with Gasteiger partial charge in [0.2, 0.25) is 0 Å². The van der Waals surface area contributed by atoms with Gasteiger partial charge >= 0.3 is 0 Å². The number of halogens is 1. The van der Waals surface area contributed by atoms with Crippen LogP contribution in [0.25, 0.3) is 0 Å². The van der Waals surface area contributed by atoms with Crippen LogP contribution in [0, 0.1) is 17.4 Å². The van der Waals surface area contributed by atoms with Gasteiger partial charge in [0.05, 0.1) is 10.8 Å². The standard InChI is InChI=1S/C9H8INS/c1-6-3-8(11-5-12)4-7(2)9(6)10/h3-4H,1-2H3. The number of isothiocyanates is 1. The smallest absolute Gasteiger partial charge is 0.0745 e. The lowest BCUT2D eigenvalue weighted by atomic mass is 10.1. The van der Waals surface area contributed by atoms with Crippen LogP contribution in [0.3, 0.4) is 0 Å².